The van der Waals surface area contributed by atoms with Crippen LogP contribution in [0.15, 0.2) is 60.7 Å². The van der Waals surface area contributed by atoms with E-state index < -0.39 is 5.91 Å². The van der Waals surface area contributed by atoms with Gasteiger partial charge in [-0.15, -0.1) is 0 Å². The maximum absolute atomic E-state index is 12.7. The summed E-state index contributed by atoms with van der Waals surface area (Å²) in [5.41, 5.74) is 9.29. The predicted octanol–water partition coefficient (Wildman–Crippen LogP) is 3.30. The molecule has 1 saturated heterocycles. The van der Waals surface area contributed by atoms with E-state index in [-0.39, 0.29) is 11.8 Å². The summed E-state index contributed by atoms with van der Waals surface area (Å²) >= 11 is 0. The van der Waals surface area contributed by atoms with Crippen LogP contribution in [0.25, 0.3) is 5.69 Å². The minimum Gasteiger partial charge on any atom is -0.318 e. The molecule has 0 aliphatic carbocycles. The van der Waals surface area contributed by atoms with Crippen LogP contribution in [-0.2, 0) is 4.79 Å². The normalized spacial score (nSPS) is 13.4. The molecule has 2 N–H and O–H groups in total. The Bertz CT molecular complexity index is 1130. The zero-order valence-electron chi connectivity index (χ0n) is 17.5. The molecule has 0 spiro atoms. The van der Waals surface area contributed by atoms with Crippen molar-refractivity contribution in [3.63, 3.8) is 0 Å². The van der Waals surface area contributed by atoms with E-state index >= 15 is 0 Å². The number of aryl methyl sites for hydroxylation is 1. The Hall–Kier alpha value is -3.87. The van der Waals surface area contributed by atoms with Crippen LogP contribution >= 0.6 is 0 Å². The number of nitrogens with zero attached hydrogens (tertiary/aromatic N) is 2. The molecule has 0 saturated carbocycles. The van der Waals surface area contributed by atoms with Crippen molar-refractivity contribution in [1.82, 2.24) is 15.4 Å². The van der Waals surface area contributed by atoms with E-state index in [0.717, 1.165) is 29.2 Å². The Morgan fingerprint density at radius 2 is 1.55 bits per heavy atom. The van der Waals surface area contributed by atoms with Gasteiger partial charge in [-0.1, -0.05) is 18.2 Å². The van der Waals surface area contributed by atoms with Gasteiger partial charge in [-0.3, -0.25) is 25.2 Å². The van der Waals surface area contributed by atoms with Gasteiger partial charge in [0.1, 0.15) is 0 Å². The molecule has 0 radical (unpaired) electrons. The molecule has 1 aliphatic rings. The summed E-state index contributed by atoms with van der Waals surface area (Å²) < 4.78 is 2.00. The summed E-state index contributed by atoms with van der Waals surface area (Å²) in [5, 5.41) is 0. The fraction of sp³-hybridized carbons (Fsp3) is 0.208. The first kappa shape index (κ1) is 20.4. The van der Waals surface area contributed by atoms with Crippen molar-refractivity contribution in [2.45, 2.75) is 26.7 Å². The van der Waals surface area contributed by atoms with Crippen molar-refractivity contribution >= 4 is 23.4 Å². The molecule has 158 valence electrons. The van der Waals surface area contributed by atoms with Crippen LogP contribution in [0.3, 0.4) is 0 Å². The molecule has 3 amide bonds. The molecule has 7 nitrogen and oxygen atoms in total. The van der Waals surface area contributed by atoms with Crippen LogP contribution < -0.4 is 15.8 Å². The molecule has 1 aromatic heterocycles. The zero-order valence-corrected chi connectivity index (χ0v) is 17.5. The van der Waals surface area contributed by atoms with E-state index in [4.69, 9.17) is 0 Å². The lowest BCUT2D eigenvalue weighted by atomic mass is 10.2. The fourth-order valence-corrected chi connectivity index (χ4v) is 3.93. The zero-order chi connectivity index (χ0) is 22.0. The summed E-state index contributed by atoms with van der Waals surface area (Å²) in [6.07, 6.45) is 1.40. The number of para-hydroxylation sites is 1. The Kier molecular flexibility index (Phi) is 5.58. The summed E-state index contributed by atoms with van der Waals surface area (Å²) in [5.74, 6) is -0.718. The van der Waals surface area contributed by atoms with Crippen LogP contribution in [0.4, 0.5) is 5.69 Å². The molecule has 31 heavy (non-hydrogen) atoms. The number of hydrogen-bond donors (Lipinski definition) is 2. The van der Waals surface area contributed by atoms with Gasteiger partial charge in [-0.05, 0) is 62.7 Å². The average Bonchev–Trinajstić information content (AvgIpc) is 3.34. The van der Waals surface area contributed by atoms with E-state index in [2.05, 4.69) is 10.9 Å². The number of hydrazine groups is 1. The maximum Gasteiger partial charge on any atom is 0.271 e. The minimum atomic E-state index is -0.426. The highest BCUT2D eigenvalue weighted by molar-refractivity contribution is 6.00. The summed E-state index contributed by atoms with van der Waals surface area (Å²) in [6, 6.07) is 18.3. The Balaban J connectivity index is 1.42. The van der Waals surface area contributed by atoms with E-state index in [0.29, 0.717) is 24.1 Å². The number of benzene rings is 2. The van der Waals surface area contributed by atoms with Crippen LogP contribution in [0.1, 0.15) is 44.9 Å². The fourth-order valence-electron chi connectivity index (χ4n) is 3.93. The van der Waals surface area contributed by atoms with E-state index in [1.807, 2.05) is 48.7 Å². The first-order valence-corrected chi connectivity index (χ1v) is 10.2. The van der Waals surface area contributed by atoms with E-state index in [1.54, 1.807) is 35.2 Å². The monoisotopic (exact) mass is 416 g/mol. The maximum atomic E-state index is 12.7. The highest BCUT2D eigenvalue weighted by Gasteiger charge is 2.22. The molecule has 0 bridgehead atoms. The molecule has 3 aromatic rings. The molecular formula is C24H24N4O3. The highest BCUT2D eigenvalue weighted by atomic mass is 16.2. The lowest BCUT2D eigenvalue weighted by molar-refractivity contribution is -0.117. The van der Waals surface area contributed by atoms with Gasteiger partial charge in [0, 0.05) is 41.3 Å². The van der Waals surface area contributed by atoms with Crippen molar-refractivity contribution in [2.24, 2.45) is 0 Å². The molecular weight excluding hydrogens is 392 g/mol. The van der Waals surface area contributed by atoms with Gasteiger partial charge in [0.15, 0.2) is 0 Å². The van der Waals surface area contributed by atoms with Gasteiger partial charge in [0.2, 0.25) is 5.91 Å². The van der Waals surface area contributed by atoms with Crippen molar-refractivity contribution < 1.29 is 14.4 Å². The quantitative estimate of drug-likeness (QED) is 0.640. The number of anilines is 1. The standard InChI is InChI=1S/C24H24N4O3/c1-16-15-21(17(2)28(16)20-7-4-3-5-8-20)24(31)26-25-23(30)18-10-12-19(13-11-18)27-14-6-9-22(27)29/h3-5,7-8,10-13,15H,6,9,14H2,1-2H3,(H,25,30)(H,26,31). The van der Waals surface area contributed by atoms with E-state index in [1.165, 1.54) is 0 Å². The molecule has 1 aliphatic heterocycles. The number of aromatic nitrogens is 1. The van der Waals surface area contributed by atoms with Crippen molar-refractivity contribution in [3.8, 4) is 5.69 Å². The summed E-state index contributed by atoms with van der Waals surface area (Å²) in [4.78, 5) is 38.7. The molecule has 0 atom stereocenters. The average molecular weight is 416 g/mol. The Labute approximate surface area is 180 Å². The number of hydrogen-bond acceptors (Lipinski definition) is 3. The lowest BCUT2D eigenvalue weighted by Gasteiger charge is -2.16. The molecule has 7 heteroatoms. The SMILES string of the molecule is Cc1cc(C(=O)NNC(=O)c2ccc(N3CCCC3=O)cc2)c(C)n1-c1ccccc1. The van der Waals surface area contributed by atoms with Crippen molar-refractivity contribution in [1.29, 1.82) is 0 Å². The lowest BCUT2D eigenvalue weighted by Crippen LogP contribution is -2.41. The summed E-state index contributed by atoms with van der Waals surface area (Å²) in [6.45, 7) is 4.50. The predicted molar refractivity (Wildman–Crippen MR) is 118 cm³/mol. The molecule has 2 aromatic carbocycles. The first-order chi connectivity index (χ1) is 15.0. The number of carbonyl (C=O) groups excluding carboxylic acids is 3. The first-order valence-electron chi connectivity index (χ1n) is 10.2. The van der Waals surface area contributed by atoms with Crippen molar-refractivity contribution in [2.75, 3.05) is 11.4 Å². The largest absolute Gasteiger partial charge is 0.318 e. The topological polar surface area (TPSA) is 83.4 Å². The van der Waals surface area contributed by atoms with Gasteiger partial charge in [-0.25, -0.2) is 0 Å². The molecule has 4 rings (SSSR count). The van der Waals surface area contributed by atoms with E-state index in [9.17, 15) is 14.4 Å². The van der Waals surface area contributed by atoms with Crippen molar-refractivity contribution in [3.05, 3.63) is 83.2 Å². The second kappa shape index (κ2) is 8.47. The third-order valence-electron chi connectivity index (χ3n) is 5.49. The highest BCUT2D eigenvalue weighted by Crippen LogP contribution is 2.22. The van der Waals surface area contributed by atoms with Crippen LogP contribution in [0.2, 0.25) is 0 Å². The summed E-state index contributed by atoms with van der Waals surface area (Å²) in [7, 11) is 0. The second-order valence-corrected chi connectivity index (χ2v) is 7.56. The van der Waals surface area contributed by atoms with Gasteiger partial charge in [0.25, 0.3) is 11.8 Å². The Morgan fingerprint density at radius 1 is 0.871 bits per heavy atom. The van der Waals surface area contributed by atoms with Gasteiger partial charge < -0.3 is 9.47 Å². The number of rotatable bonds is 4. The smallest absolute Gasteiger partial charge is 0.271 e. The van der Waals surface area contributed by atoms with Gasteiger partial charge in [-0.2, -0.15) is 0 Å². The molecule has 1 fully saturated rings. The minimum absolute atomic E-state index is 0.0950. The number of amides is 3. The third-order valence-corrected chi connectivity index (χ3v) is 5.49. The van der Waals surface area contributed by atoms with Crippen LogP contribution in [0.5, 0.6) is 0 Å². The molecule has 2 heterocycles. The Morgan fingerprint density at radius 3 is 2.19 bits per heavy atom. The number of carbonyl (C=O) groups is 3. The van der Waals surface area contributed by atoms with Crippen LogP contribution in [-0.4, -0.2) is 28.8 Å². The van der Waals surface area contributed by atoms with Gasteiger partial charge in [0.05, 0.1) is 5.56 Å². The van der Waals surface area contributed by atoms with Gasteiger partial charge >= 0.3 is 0 Å². The third kappa shape index (κ3) is 4.07. The second-order valence-electron chi connectivity index (χ2n) is 7.56. The van der Waals surface area contributed by atoms with Crippen LogP contribution in [0, 0.1) is 13.8 Å². The molecule has 0 unspecified atom stereocenters. The number of nitrogens with one attached hydrogen (secondary N) is 2.